The minimum absolute atomic E-state index is 0.165. The highest BCUT2D eigenvalue weighted by Gasteiger charge is 2.08. The molecule has 0 saturated heterocycles. The van der Waals surface area contributed by atoms with Gasteiger partial charge in [0, 0.05) is 6.04 Å². The Morgan fingerprint density at radius 3 is 2.64 bits per heavy atom. The number of methoxy groups -OCH3 is 1. The highest BCUT2D eigenvalue weighted by Crippen LogP contribution is 2.30. The van der Waals surface area contributed by atoms with E-state index in [1.54, 1.807) is 7.11 Å². The van der Waals surface area contributed by atoms with Crippen LogP contribution in [0.4, 0.5) is 0 Å². The zero-order chi connectivity index (χ0) is 10.7. The second-order valence-corrected chi connectivity index (χ2v) is 4.41. The van der Waals surface area contributed by atoms with E-state index in [1.165, 1.54) is 11.1 Å². The predicted molar refractivity (Wildman–Crippen MR) is 62.8 cm³/mol. The number of rotatable bonds is 3. The molecule has 3 heteroatoms. The van der Waals surface area contributed by atoms with Crippen molar-refractivity contribution < 1.29 is 4.74 Å². The maximum absolute atomic E-state index is 5.77. The first kappa shape index (κ1) is 11.5. The van der Waals surface area contributed by atoms with Crippen molar-refractivity contribution in [3.63, 3.8) is 0 Å². The van der Waals surface area contributed by atoms with Crippen LogP contribution in [0.2, 0.25) is 0 Å². The average molecular weight is 258 g/mol. The Labute approximate surface area is 93.6 Å². The SMILES string of the molecule is COc1cc(C)cc(CC(C)N)c1Br. The predicted octanol–water partition coefficient (Wildman–Crippen LogP) is 2.66. The smallest absolute Gasteiger partial charge is 0.133 e. The summed E-state index contributed by atoms with van der Waals surface area (Å²) in [5, 5.41) is 0. The summed E-state index contributed by atoms with van der Waals surface area (Å²) in [6.07, 6.45) is 0.860. The van der Waals surface area contributed by atoms with Gasteiger partial charge in [-0.25, -0.2) is 0 Å². The van der Waals surface area contributed by atoms with Crippen molar-refractivity contribution in [1.29, 1.82) is 0 Å². The highest BCUT2D eigenvalue weighted by molar-refractivity contribution is 9.10. The molecule has 0 aromatic heterocycles. The third kappa shape index (κ3) is 2.72. The molecule has 0 bridgehead atoms. The standard InChI is InChI=1S/C11H16BrNO/c1-7-4-9(6-8(2)13)11(12)10(5-7)14-3/h4-5,8H,6,13H2,1-3H3. The summed E-state index contributed by atoms with van der Waals surface area (Å²) >= 11 is 3.52. The Morgan fingerprint density at radius 2 is 2.14 bits per heavy atom. The lowest BCUT2D eigenvalue weighted by Crippen LogP contribution is -2.18. The fourth-order valence-electron chi connectivity index (χ4n) is 1.45. The molecule has 2 nitrogen and oxygen atoms in total. The summed E-state index contributed by atoms with van der Waals surface area (Å²) in [5.74, 6) is 0.876. The van der Waals surface area contributed by atoms with E-state index in [2.05, 4.69) is 28.9 Å². The van der Waals surface area contributed by atoms with Crippen molar-refractivity contribution in [3.05, 3.63) is 27.7 Å². The third-order valence-electron chi connectivity index (χ3n) is 2.02. The van der Waals surface area contributed by atoms with Crippen LogP contribution in [0.25, 0.3) is 0 Å². The number of hydrogen-bond donors (Lipinski definition) is 1. The van der Waals surface area contributed by atoms with E-state index in [0.717, 1.165) is 16.6 Å². The van der Waals surface area contributed by atoms with E-state index in [4.69, 9.17) is 10.5 Å². The van der Waals surface area contributed by atoms with E-state index >= 15 is 0 Å². The number of ether oxygens (including phenoxy) is 1. The van der Waals surface area contributed by atoms with Gasteiger partial charge in [0.1, 0.15) is 5.75 Å². The van der Waals surface area contributed by atoms with Crippen molar-refractivity contribution in [1.82, 2.24) is 0 Å². The molecule has 0 aliphatic heterocycles. The first-order valence-corrected chi connectivity index (χ1v) is 5.42. The molecule has 0 fully saturated rings. The average Bonchev–Trinajstić information content (AvgIpc) is 2.09. The molecule has 0 aliphatic rings. The fraction of sp³-hybridized carbons (Fsp3) is 0.455. The minimum Gasteiger partial charge on any atom is -0.496 e. The van der Waals surface area contributed by atoms with Crippen molar-refractivity contribution in [2.24, 2.45) is 5.73 Å². The van der Waals surface area contributed by atoms with E-state index in [0.29, 0.717) is 0 Å². The summed E-state index contributed by atoms with van der Waals surface area (Å²) in [5.41, 5.74) is 8.17. The topological polar surface area (TPSA) is 35.2 Å². The van der Waals surface area contributed by atoms with Gasteiger partial charge in [0.15, 0.2) is 0 Å². The molecular formula is C11H16BrNO. The van der Waals surface area contributed by atoms with Crippen LogP contribution in [-0.2, 0) is 6.42 Å². The monoisotopic (exact) mass is 257 g/mol. The molecule has 78 valence electrons. The lowest BCUT2D eigenvalue weighted by molar-refractivity contribution is 0.411. The van der Waals surface area contributed by atoms with Crippen LogP contribution >= 0.6 is 15.9 Å². The van der Waals surface area contributed by atoms with Gasteiger partial charge in [-0.2, -0.15) is 0 Å². The molecule has 1 aromatic rings. The molecule has 1 aromatic carbocycles. The molecule has 0 radical (unpaired) electrons. The Morgan fingerprint density at radius 1 is 1.50 bits per heavy atom. The molecule has 0 saturated carbocycles. The van der Waals surface area contributed by atoms with Crippen molar-refractivity contribution in [2.75, 3.05) is 7.11 Å². The molecule has 1 unspecified atom stereocenters. The zero-order valence-electron chi connectivity index (χ0n) is 8.80. The zero-order valence-corrected chi connectivity index (χ0v) is 10.4. The van der Waals surface area contributed by atoms with Crippen LogP contribution in [0.1, 0.15) is 18.1 Å². The maximum atomic E-state index is 5.77. The van der Waals surface area contributed by atoms with Crippen LogP contribution < -0.4 is 10.5 Å². The van der Waals surface area contributed by atoms with Crippen LogP contribution in [0.3, 0.4) is 0 Å². The van der Waals surface area contributed by atoms with Gasteiger partial charge in [-0.05, 0) is 53.4 Å². The second-order valence-electron chi connectivity index (χ2n) is 3.62. The Bertz CT molecular complexity index is 323. The van der Waals surface area contributed by atoms with Gasteiger partial charge < -0.3 is 10.5 Å². The molecule has 1 atom stereocenters. The maximum Gasteiger partial charge on any atom is 0.133 e. The number of halogens is 1. The van der Waals surface area contributed by atoms with Crippen LogP contribution in [0.5, 0.6) is 5.75 Å². The lowest BCUT2D eigenvalue weighted by Gasteiger charge is -2.12. The normalized spacial score (nSPS) is 12.6. The van der Waals surface area contributed by atoms with Gasteiger partial charge in [-0.3, -0.25) is 0 Å². The summed E-state index contributed by atoms with van der Waals surface area (Å²) in [6.45, 7) is 4.06. The van der Waals surface area contributed by atoms with E-state index < -0.39 is 0 Å². The lowest BCUT2D eigenvalue weighted by atomic mass is 10.0. The van der Waals surface area contributed by atoms with Crippen molar-refractivity contribution in [2.45, 2.75) is 26.3 Å². The van der Waals surface area contributed by atoms with Gasteiger partial charge in [0.2, 0.25) is 0 Å². The Balaban J connectivity index is 3.08. The highest BCUT2D eigenvalue weighted by atomic mass is 79.9. The molecule has 1 rings (SSSR count). The first-order chi connectivity index (χ1) is 6.54. The summed E-state index contributed by atoms with van der Waals surface area (Å²) in [4.78, 5) is 0. The van der Waals surface area contributed by atoms with Crippen LogP contribution in [0, 0.1) is 6.92 Å². The number of aryl methyl sites for hydroxylation is 1. The second kappa shape index (κ2) is 4.80. The van der Waals surface area contributed by atoms with E-state index in [1.807, 2.05) is 13.0 Å². The molecule has 14 heavy (non-hydrogen) atoms. The van der Waals surface area contributed by atoms with Gasteiger partial charge >= 0.3 is 0 Å². The third-order valence-corrected chi connectivity index (χ3v) is 2.92. The van der Waals surface area contributed by atoms with Gasteiger partial charge in [0.25, 0.3) is 0 Å². The van der Waals surface area contributed by atoms with Gasteiger partial charge in [0.05, 0.1) is 11.6 Å². The van der Waals surface area contributed by atoms with E-state index in [9.17, 15) is 0 Å². The summed E-state index contributed by atoms with van der Waals surface area (Å²) in [7, 11) is 1.68. The van der Waals surface area contributed by atoms with Gasteiger partial charge in [-0.15, -0.1) is 0 Å². The van der Waals surface area contributed by atoms with Gasteiger partial charge in [-0.1, -0.05) is 6.07 Å². The Kier molecular flexibility index (Phi) is 3.96. The summed E-state index contributed by atoms with van der Waals surface area (Å²) < 4.78 is 6.28. The first-order valence-electron chi connectivity index (χ1n) is 4.63. The number of nitrogens with two attached hydrogens (primary N) is 1. The van der Waals surface area contributed by atoms with Crippen molar-refractivity contribution in [3.8, 4) is 5.75 Å². The molecule has 0 amide bonds. The quantitative estimate of drug-likeness (QED) is 0.904. The van der Waals surface area contributed by atoms with Crippen LogP contribution in [-0.4, -0.2) is 13.2 Å². The Hall–Kier alpha value is -0.540. The number of benzene rings is 1. The number of hydrogen-bond acceptors (Lipinski definition) is 2. The molecule has 0 aliphatic carbocycles. The molecule has 0 spiro atoms. The fourth-order valence-corrected chi connectivity index (χ4v) is 2.00. The molecular weight excluding hydrogens is 242 g/mol. The molecule has 2 N–H and O–H groups in total. The van der Waals surface area contributed by atoms with Crippen molar-refractivity contribution >= 4 is 15.9 Å². The minimum atomic E-state index is 0.165. The van der Waals surface area contributed by atoms with E-state index in [-0.39, 0.29) is 6.04 Å². The summed E-state index contributed by atoms with van der Waals surface area (Å²) in [6, 6.07) is 4.31. The largest absolute Gasteiger partial charge is 0.496 e. The molecule has 0 heterocycles. The van der Waals surface area contributed by atoms with Crippen LogP contribution in [0.15, 0.2) is 16.6 Å².